The lowest BCUT2D eigenvalue weighted by molar-refractivity contribution is -0.128. The van der Waals surface area contributed by atoms with Gasteiger partial charge in [0.25, 0.3) is 0 Å². The SMILES string of the molecule is CC(=O)N(C)Cc1cccc(NC(=O)CCOCc2ccccc2)c1. The van der Waals surface area contributed by atoms with Crippen molar-refractivity contribution in [2.45, 2.75) is 26.5 Å². The first-order valence-corrected chi connectivity index (χ1v) is 8.27. The number of nitrogens with one attached hydrogen (secondary N) is 1. The van der Waals surface area contributed by atoms with E-state index in [1.54, 1.807) is 11.9 Å². The number of hydrogen-bond donors (Lipinski definition) is 1. The second kappa shape index (κ2) is 9.59. The molecule has 0 atom stereocenters. The van der Waals surface area contributed by atoms with Crippen molar-refractivity contribution in [3.05, 3.63) is 65.7 Å². The van der Waals surface area contributed by atoms with Crippen molar-refractivity contribution in [1.82, 2.24) is 4.90 Å². The lowest BCUT2D eigenvalue weighted by Crippen LogP contribution is -2.23. The summed E-state index contributed by atoms with van der Waals surface area (Å²) in [7, 11) is 1.75. The number of ether oxygens (including phenoxy) is 1. The zero-order chi connectivity index (χ0) is 18.1. The molecule has 0 saturated carbocycles. The molecule has 5 nitrogen and oxygen atoms in total. The van der Waals surface area contributed by atoms with Crippen LogP contribution in [0.3, 0.4) is 0 Å². The normalized spacial score (nSPS) is 10.3. The first-order chi connectivity index (χ1) is 12.0. The summed E-state index contributed by atoms with van der Waals surface area (Å²) in [5.41, 5.74) is 2.78. The molecule has 0 saturated heterocycles. The Labute approximate surface area is 148 Å². The first kappa shape index (κ1) is 18.7. The Bertz CT molecular complexity index is 701. The number of benzene rings is 2. The maximum atomic E-state index is 12.0. The van der Waals surface area contributed by atoms with Crippen LogP contribution in [0.15, 0.2) is 54.6 Å². The van der Waals surface area contributed by atoms with E-state index in [0.29, 0.717) is 26.2 Å². The molecule has 0 aliphatic carbocycles. The first-order valence-electron chi connectivity index (χ1n) is 8.27. The van der Waals surface area contributed by atoms with Gasteiger partial charge in [0.1, 0.15) is 0 Å². The van der Waals surface area contributed by atoms with Crippen molar-refractivity contribution < 1.29 is 14.3 Å². The standard InChI is InChI=1S/C20H24N2O3/c1-16(23)22(2)14-18-9-6-10-19(13-18)21-20(24)11-12-25-15-17-7-4-3-5-8-17/h3-10,13H,11-12,14-15H2,1-2H3,(H,21,24). The second-order valence-corrected chi connectivity index (χ2v) is 5.91. The predicted molar refractivity (Wildman–Crippen MR) is 97.9 cm³/mol. The lowest BCUT2D eigenvalue weighted by atomic mass is 10.2. The Kier molecular flexibility index (Phi) is 7.16. The quantitative estimate of drug-likeness (QED) is 0.751. The van der Waals surface area contributed by atoms with Crippen LogP contribution in [0.2, 0.25) is 0 Å². The fourth-order valence-corrected chi connectivity index (χ4v) is 2.29. The van der Waals surface area contributed by atoms with E-state index in [0.717, 1.165) is 16.8 Å². The van der Waals surface area contributed by atoms with Gasteiger partial charge in [-0.2, -0.15) is 0 Å². The predicted octanol–water partition coefficient (Wildman–Crippen LogP) is 3.21. The molecule has 0 aliphatic rings. The van der Waals surface area contributed by atoms with Gasteiger partial charge in [-0.25, -0.2) is 0 Å². The summed E-state index contributed by atoms with van der Waals surface area (Å²) < 4.78 is 5.53. The van der Waals surface area contributed by atoms with Crippen molar-refractivity contribution >= 4 is 17.5 Å². The average molecular weight is 340 g/mol. The fourth-order valence-electron chi connectivity index (χ4n) is 2.29. The zero-order valence-corrected chi connectivity index (χ0v) is 14.7. The molecular weight excluding hydrogens is 316 g/mol. The molecule has 1 N–H and O–H groups in total. The minimum Gasteiger partial charge on any atom is -0.376 e. The molecule has 25 heavy (non-hydrogen) atoms. The number of anilines is 1. The highest BCUT2D eigenvalue weighted by atomic mass is 16.5. The van der Waals surface area contributed by atoms with E-state index in [1.807, 2.05) is 54.6 Å². The molecule has 132 valence electrons. The molecule has 0 aliphatic heterocycles. The van der Waals surface area contributed by atoms with Gasteiger partial charge in [0.05, 0.1) is 19.6 Å². The maximum absolute atomic E-state index is 12.0. The van der Waals surface area contributed by atoms with Gasteiger partial charge in [-0.3, -0.25) is 9.59 Å². The van der Waals surface area contributed by atoms with Gasteiger partial charge in [0, 0.05) is 26.2 Å². The third kappa shape index (κ3) is 6.77. The molecule has 2 amide bonds. The third-order valence-corrected chi connectivity index (χ3v) is 3.75. The van der Waals surface area contributed by atoms with Crippen molar-refractivity contribution in [2.24, 2.45) is 0 Å². The molecular formula is C20H24N2O3. The molecule has 5 heteroatoms. The van der Waals surface area contributed by atoms with Crippen LogP contribution in [0.4, 0.5) is 5.69 Å². The highest BCUT2D eigenvalue weighted by molar-refractivity contribution is 5.90. The van der Waals surface area contributed by atoms with Crippen LogP contribution in [0.25, 0.3) is 0 Å². The van der Waals surface area contributed by atoms with Crippen molar-refractivity contribution in [2.75, 3.05) is 19.0 Å². The van der Waals surface area contributed by atoms with Gasteiger partial charge in [-0.05, 0) is 23.3 Å². The molecule has 2 rings (SSSR count). The smallest absolute Gasteiger partial charge is 0.226 e. The van der Waals surface area contributed by atoms with Gasteiger partial charge in [0.2, 0.25) is 11.8 Å². The van der Waals surface area contributed by atoms with Gasteiger partial charge in [-0.1, -0.05) is 42.5 Å². The number of carbonyl (C=O) groups excluding carboxylic acids is 2. The molecule has 0 aromatic heterocycles. The van der Waals surface area contributed by atoms with E-state index < -0.39 is 0 Å². The summed E-state index contributed by atoms with van der Waals surface area (Å²) in [5, 5.41) is 2.86. The van der Waals surface area contributed by atoms with Crippen LogP contribution >= 0.6 is 0 Å². The van der Waals surface area contributed by atoms with Gasteiger partial charge in [0.15, 0.2) is 0 Å². The summed E-state index contributed by atoms with van der Waals surface area (Å²) in [6.07, 6.45) is 0.296. The average Bonchev–Trinajstić information content (AvgIpc) is 2.60. The zero-order valence-electron chi connectivity index (χ0n) is 14.7. The second-order valence-electron chi connectivity index (χ2n) is 5.91. The van der Waals surface area contributed by atoms with Gasteiger partial charge in [-0.15, -0.1) is 0 Å². The van der Waals surface area contributed by atoms with Crippen molar-refractivity contribution in [3.63, 3.8) is 0 Å². The minimum absolute atomic E-state index is 0.00463. The Balaban J connectivity index is 1.75. The summed E-state index contributed by atoms with van der Waals surface area (Å²) >= 11 is 0. The summed E-state index contributed by atoms with van der Waals surface area (Å²) in [4.78, 5) is 24.9. The van der Waals surface area contributed by atoms with Crippen LogP contribution in [0.1, 0.15) is 24.5 Å². The molecule has 2 aromatic carbocycles. The van der Waals surface area contributed by atoms with Crippen molar-refractivity contribution in [3.8, 4) is 0 Å². The largest absolute Gasteiger partial charge is 0.376 e. The maximum Gasteiger partial charge on any atom is 0.226 e. The van der Waals surface area contributed by atoms with Crippen LogP contribution in [0.5, 0.6) is 0 Å². The molecule has 0 fully saturated rings. The van der Waals surface area contributed by atoms with E-state index in [1.165, 1.54) is 6.92 Å². The number of nitrogens with zero attached hydrogens (tertiary/aromatic N) is 1. The van der Waals surface area contributed by atoms with E-state index in [4.69, 9.17) is 4.74 Å². The summed E-state index contributed by atoms with van der Waals surface area (Å²) in [5.74, 6) is -0.0878. The lowest BCUT2D eigenvalue weighted by Gasteiger charge is -2.15. The fraction of sp³-hybridized carbons (Fsp3) is 0.300. The Morgan fingerprint density at radius 1 is 1.04 bits per heavy atom. The van der Waals surface area contributed by atoms with E-state index >= 15 is 0 Å². The minimum atomic E-state index is -0.0925. The molecule has 2 aromatic rings. The summed E-state index contributed by atoms with van der Waals surface area (Å²) in [6, 6.07) is 17.4. The molecule has 0 heterocycles. The highest BCUT2D eigenvalue weighted by Gasteiger charge is 2.06. The van der Waals surface area contributed by atoms with Crippen LogP contribution in [-0.4, -0.2) is 30.4 Å². The number of hydrogen-bond acceptors (Lipinski definition) is 3. The van der Waals surface area contributed by atoms with E-state index in [2.05, 4.69) is 5.32 Å². The van der Waals surface area contributed by atoms with Crippen LogP contribution in [0, 0.1) is 0 Å². The Morgan fingerprint density at radius 2 is 1.76 bits per heavy atom. The van der Waals surface area contributed by atoms with Crippen molar-refractivity contribution in [1.29, 1.82) is 0 Å². The Hall–Kier alpha value is -2.66. The van der Waals surface area contributed by atoms with Crippen LogP contribution < -0.4 is 5.32 Å². The summed E-state index contributed by atoms with van der Waals surface area (Å²) in [6.45, 7) is 2.91. The van der Waals surface area contributed by atoms with E-state index in [-0.39, 0.29) is 11.8 Å². The molecule has 0 bridgehead atoms. The molecule has 0 radical (unpaired) electrons. The highest BCUT2D eigenvalue weighted by Crippen LogP contribution is 2.13. The third-order valence-electron chi connectivity index (χ3n) is 3.75. The number of carbonyl (C=O) groups is 2. The van der Waals surface area contributed by atoms with E-state index in [9.17, 15) is 9.59 Å². The molecule has 0 unspecified atom stereocenters. The van der Waals surface area contributed by atoms with Crippen LogP contribution in [-0.2, 0) is 27.5 Å². The monoisotopic (exact) mass is 340 g/mol. The Morgan fingerprint density at radius 3 is 2.48 bits per heavy atom. The topological polar surface area (TPSA) is 58.6 Å². The number of amides is 2. The number of rotatable bonds is 8. The molecule has 0 spiro atoms. The van der Waals surface area contributed by atoms with Gasteiger partial charge < -0.3 is 15.0 Å². The van der Waals surface area contributed by atoms with Gasteiger partial charge >= 0.3 is 0 Å².